The van der Waals surface area contributed by atoms with Gasteiger partial charge in [-0.1, -0.05) is 64.0 Å². The van der Waals surface area contributed by atoms with Gasteiger partial charge in [0.1, 0.15) is 0 Å². The fourth-order valence-corrected chi connectivity index (χ4v) is 3.68. The first-order valence-electron chi connectivity index (χ1n) is 6.89. The summed E-state index contributed by atoms with van der Waals surface area (Å²) in [7, 11) is -3.51. The highest BCUT2D eigenvalue weighted by atomic mass is 79.9. The molecule has 3 nitrogen and oxygen atoms in total. The van der Waals surface area contributed by atoms with Gasteiger partial charge in [-0.05, 0) is 37.1 Å². The zero-order valence-electron chi connectivity index (χ0n) is 12.5. The molecule has 0 saturated carbocycles. The average molecular weight is 380 g/mol. The molecule has 0 saturated heterocycles. The molecule has 0 aliphatic heterocycles. The molecule has 0 aliphatic rings. The van der Waals surface area contributed by atoms with Crippen molar-refractivity contribution in [3.8, 4) is 0 Å². The Kier molecular flexibility index (Phi) is 5.56. The number of halogens is 1. The summed E-state index contributed by atoms with van der Waals surface area (Å²) in [6.07, 6.45) is 1.59. The van der Waals surface area contributed by atoms with E-state index in [9.17, 15) is 8.42 Å². The van der Waals surface area contributed by atoms with E-state index in [1.165, 1.54) is 5.41 Å². The minimum atomic E-state index is -3.51. The molecule has 2 aromatic carbocycles. The molecule has 116 valence electrons. The first-order chi connectivity index (χ1) is 10.4. The van der Waals surface area contributed by atoms with Gasteiger partial charge < -0.3 is 0 Å². The predicted molar refractivity (Wildman–Crippen MR) is 94.8 cm³/mol. The average Bonchev–Trinajstić information content (AvgIpc) is 2.46. The second-order valence-electron chi connectivity index (χ2n) is 5.12. The Balaban J connectivity index is 2.11. The van der Waals surface area contributed by atoms with Gasteiger partial charge >= 0.3 is 0 Å². The molecule has 1 unspecified atom stereocenters. The van der Waals surface area contributed by atoms with Crippen LogP contribution in [0.5, 0.6) is 0 Å². The summed E-state index contributed by atoms with van der Waals surface area (Å²) in [6.45, 7) is 3.81. The van der Waals surface area contributed by atoms with Crippen molar-refractivity contribution >= 4 is 32.0 Å². The van der Waals surface area contributed by atoms with Crippen LogP contribution < -0.4 is 4.72 Å². The number of nitrogens with one attached hydrogen (secondary N) is 1. The normalized spacial score (nSPS) is 13.4. The Morgan fingerprint density at radius 2 is 1.73 bits per heavy atom. The smallest absolute Gasteiger partial charge is 0.208 e. The molecule has 0 fully saturated rings. The molecule has 1 N–H and O–H groups in total. The Morgan fingerprint density at radius 1 is 1.09 bits per heavy atom. The van der Waals surface area contributed by atoms with Gasteiger partial charge in [0.2, 0.25) is 10.0 Å². The van der Waals surface area contributed by atoms with Gasteiger partial charge in [0.25, 0.3) is 0 Å². The van der Waals surface area contributed by atoms with Crippen LogP contribution in [-0.2, 0) is 10.0 Å². The van der Waals surface area contributed by atoms with Crippen molar-refractivity contribution in [1.29, 1.82) is 0 Å². The maximum Gasteiger partial charge on any atom is 0.234 e. The molecular formula is C17H18BrNO2S. The van der Waals surface area contributed by atoms with Crippen molar-refractivity contribution < 1.29 is 8.42 Å². The third kappa shape index (κ3) is 4.80. The van der Waals surface area contributed by atoms with Crippen molar-refractivity contribution in [3.05, 3.63) is 75.1 Å². The first kappa shape index (κ1) is 16.9. The molecule has 0 bridgehead atoms. The maximum absolute atomic E-state index is 12.2. The predicted octanol–water partition coefficient (Wildman–Crippen LogP) is 4.41. The van der Waals surface area contributed by atoms with E-state index in [4.69, 9.17) is 0 Å². The van der Waals surface area contributed by atoms with E-state index < -0.39 is 10.0 Å². The minimum absolute atomic E-state index is 0.316. The topological polar surface area (TPSA) is 46.2 Å². The van der Waals surface area contributed by atoms with Gasteiger partial charge in [-0.15, -0.1) is 0 Å². The summed E-state index contributed by atoms with van der Waals surface area (Å²) < 4.78 is 27.8. The van der Waals surface area contributed by atoms with Gasteiger partial charge in [-0.3, -0.25) is 0 Å². The second-order valence-corrected chi connectivity index (χ2v) is 7.57. The fourth-order valence-electron chi connectivity index (χ4n) is 2.02. The highest BCUT2D eigenvalue weighted by molar-refractivity contribution is 9.10. The molecule has 2 aromatic rings. The van der Waals surface area contributed by atoms with Crippen molar-refractivity contribution in [2.45, 2.75) is 19.9 Å². The Bertz CT molecular complexity index is 768. The molecule has 0 amide bonds. The highest BCUT2D eigenvalue weighted by Gasteiger charge is 2.14. The summed E-state index contributed by atoms with van der Waals surface area (Å²) >= 11 is 3.43. The summed E-state index contributed by atoms with van der Waals surface area (Å²) in [5.41, 5.74) is 2.89. The number of hydrogen-bond acceptors (Lipinski definition) is 2. The second kappa shape index (κ2) is 7.22. The molecule has 1 atom stereocenters. The summed E-state index contributed by atoms with van der Waals surface area (Å²) in [5, 5.41) is 1.20. The minimum Gasteiger partial charge on any atom is -0.208 e. The number of rotatable bonds is 5. The van der Waals surface area contributed by atoms with Gasteiger partial charge in [0, 0.05) is 15.9 Å². The lowest BCUT2D eigenvalue weighted by molar-refractivity contribution is 0.576. The Hall–Kier alpha value is -1.43. The molecular weight excluding hydrogens is 362 g/mol. The van der Waals surface area contributed by atoms with Crippen molar-refractivity contribution in [3.63, 3.8) is 0 Å². The van der Waals surface area contributed by atoms with Gasteiger partial charge in [-0.25, -0.2) is 13.1 Å². The van der Waals surface area contributed by atoms with Crippen LogP contribution in [0.15, 0.2) is 58.4 Å². The van der Waals surface area contributed by atoms with E-state index in [-0.39, 0.29) is 6.04 Å². The molecule has 0 spiro atoms. The molecule has 0 heterocycles. The van der Waals surface area contributed by atoms with Crippen LogP contribution in [0.1, 0.15) is 29.7 Å². The molecule has 2 rings (SSSR count). The lowest BCUT2D eigenvalue weighted by Gasteiger charge is -2.14. The summed E-state index contributed by atoms with van der Waals surface area (Å²) in [4.78, 5) is 0. The summed E-state index contributed by atoms with van der Waals surface area (Å²) in [5.74, 6) is 0. The molecule has 0 radical (unpaired) electrons. The van der Waals surface area contributed by atoms with Crippen LogP contribution in [0, 0.1) is 6.92 Å². The van der Waals surface area contributed by atoms with E-state index in [2.05, 4.69) is 20.7 Å². The van der Waals surface area contributed by atoms with Crippen LogP contribution in [0.3, 0.4) is 0 Å². The van der Waals surface area contributed by atoms with Crippen molar-refractivity contribution in [1.82, 2.24) is 4.72 Å². The number of sulfonamides is 1. The molecule has 0 aliphatic carbocycles. The molecule has 0 aromatic heterocycles. The molecule has 22 heavy (non-hydrogen) atoms. The van der Waals surface area contributed by atoms with Crippen LogP contribution in [0.2, 0.25) is 0 Å². The fraction of sp³-hybridized carbons (Fsp3) is 0.176. The third-order valence-electron chi connectivity index (χ3n) is 3.23. The first-order valence-corrected chi connectivity index (χ1v) is 9.23. The number of benzene rings is 2. The third-order valence-corrected chi connectivity index (χ3v) is 5.13. The highest BCUT2D eigenvalue weighted by Crippen LogP contribution is 2.23. The zero-order chi connectivity index (χ0) is 16.2. The van der Waals surface area contributed by atoms with Crippen molar-refractivity contribution in [2.75, 3.05) is 0 Å². The van der Waals surface area contributed by atoms with E-state index in [1.807, 2.05) is 62.4 Å². The zero-order valence-corrected chi connectivity index (χ0v) is 14.9. The lowest BCUT2D eigenvalue weighted by Crippen LogP contribution is -2.25. The largest absolute Gasteiger partial charge is 0.234 e. The molecule has 5 heteroatoms. The van der Waals surface area contributed by atoms with Crippen LogP contribution >= 0.6 is 15.9 Å². The van der Waals surface area contributed by atoms with E-state index in [1.54, 1.807) is 6.08 Å². The quantitative estimate of drug-likeness (QED) is 0.835. The number of hydrogen-bond donors (Lipinski definition) is 1. The Labute approximate surface area is 140 Å². The standard InChI is InChI=1S/C17H18BrNO2S/c1-13-7-9-15(10-8-13)11-12-22(20,21)19-14(2)16-5-3-4-6-17(16)18/h3-12,14,19H,1-2H3/b12-11+. The van der Waals surface area contributed by atoms with E-state index in [0.29, 0.717) is 0 Å². The van der Waals surface area contributed by atoms with E-state index in [0.717, 1.165) is 21.2 Å². The van der Waals surface area contributed by atoms with Gasteiger partial charge in [-0.2, -0.15) is 0 Å². The number of aryl methyl sites for hydroxylation is 1. The monoisotopic (exact) mass is 379 g/mol. The summed E-state index contributed by atoms with van der Waals surface area (Å²) in [6, 6.07) is 14.9. The van der Waals surface area contributed by atoms with Crippen molar-refractivity contribution in [2.24, 2.45) is 0 Å². The van der Waals surface area contributed by atoms with E-state index >= 15 is 0 Å². The van der Waals surface area contributed by atoms with Crippen LogP contribution in [0.4, 0.5) is 0 Å². The lowest BCUT2D eigenvalue weighted by atomic mass is 10.1. The van der Waals surface area contributed by atoms with Crippen LogP contribution in [0.25, 0.3) is 6.08 Å². The van der Waals surface area contributed by atoms with Gasteiger partial charge in [0.05, 0.1) is 0 Å². The Morgan fingerprint density at radius 3 is 2.36 bits per heavy atom. The van der Waals surface area contributed by atoms with Crippen LogP contribution in [-0.4, -0.2) is 8.42 Å². The maximum atomic E-state index is 12.2. The SMILES string of the molecule is Cc1ccc(/C=C/S(=O)(=O)NC(C)c2ccccc2Br)cc1. The van der Waals surface area contributed by atoms with Gasteiger partial charge in [0.15, 0.2) is 0 Å².